The lowest BCUT2D eigenvalue weighted by Gasteiger charge is -2.08. The van der Waals surface area contributed by atoms with Crippen molar-refractivity contribution in [3.05, 3.63) is 89.8 Å². The van der Waals surface area contributed by atoms with Crippen molar-refractivity contribution in [1.82, 2.24) is 9.66 Å². The van der Waals surface area contributed by atoms with Gasteiger partial charge in [-0.05, 0) is 87.1 Å². The second-order valence-electron chi connectivity index (χ2n) is 6.98. The standard InChI is InChI=1S/C24H15I2N3O3/c1-31-22-17(25)10-14(11-18(22)26)13-27-29-23(21-12-15-6-2-5-9-20(15)32-21)28-19-8-4-3-7-16(19)24(29)30/h2-13H,1H3. The van der Waals surface area contributed by atoms with Crippen molar-refractivity contribution in [3.63, 3.8) is 0 Å². The highest BCUT2D eigenvalue weighted by molar-refractivity contribution is 14.1. The number of aromatic nitrogens is 2. The van der Waals surface area contributed by atoms with Crippen LogP contribution in [-0.2, 0) is 0 Å². The fraction of sp³-hybridized carbons (Fsp3) is 0.0417. The minimum Gasteiger partial charge on any atom is -0.495 e. The predicted octanol–water partition coefficient (Wildman–Crippen LogP) is 5.91. The number of nitrogens with zero attached hydrogens (tertiary/aromatic N) is 3. The van der Waals surface area contributed by atoms with E-state index in [1.165, 1.54) is 4.68 Å². The van der Waals surface area contributed by atoms with Crippen LogP contribution in [-0.4, -0.2) is 23.0 Å². The summed E-state index contributed by atoms with van der Waals surface area (Å²) in [5.41, 5.74) is 1.89. The summed E-state index contributed by atoms with van der Waals surface area (Å²) < 4.78 is 14.6. The number of rotatable bonds is 4. The normalized spacial score (nSPS) is 11.6. The molecule has 6 nitrogen and oxygen atoms in total. The molecule has 5 rings (SSSR count). The number of hydrogen-bond donors (Lipinski definition) is 0. The SMILES string of the molecule is COc1c(I)cc(C=Nn2c(-c3cc4ccccc4o3)nc3ccccc3c2=O)cc1I. The lowest BCUT2D eigenvalue weighted by molar-refractivity contribution is 0.409. The van der Waals surface area contributed by atoms with E-state index in [0.29, 0.717) is 22.5 Å². The third-order valence-electron chi connectivity index (χ3n) is 4.95. The van der Waals surface area contributed by atoms with Crippen LogP contribution in [0.5, 0.6) is 5.75 Å². The van der Waals surface area contributed by atoms with Crippen LogP contribution in [0.3, 0.4) is 0 Å². The van der Waals surface area contributed by atoms with E-state index in [9.17, 15) is 4.79 Å². The quantitative estimate of drug-likeness (QED) is 0.180. The summed E-state index contributed by atoms with van der Waals surface area (Å²) in [6.45, 7) is 0. The molecule has 0 saturated heterocycles. The average Bonchev–Trinajstić information content (AvgIpc) is 3.22. The Hall–Kier alpha value is -2.73. The van der Waals surface area contributed by atoms with E-state index in [0.717, 1.165) is 29.4 Å². The first-order chi connectivity index (χ1) is 15.5. The number of ether oxygens (including phenoxy) is 1. The van der Waals surface area contributed by atoms with Gasteiger partial charge in [0.25, 0.3) is 5.56 Å². The first-order valence-corrected chi connectivity index (χ1v) is 11.8. The molecule has 0 aliphatic carbocycles. The van der Waals surface area contributed by atoms with Gasteiger partial charge >= 0.3 is 0 Å². The van der Waals surface area contributed by atoms with Crippen LogP contribution in [0.1, 0.15) is 5.56 Å². The lowest BCUT2D eigenvalue weighted by Crippen LogP contribution is -2.20. The average molecular weight is 647 g/mol. The van der Waals surface area contributed by atoms with E-state index in [1.807, 2.05) is 60.7 Å². The topological polar surface area (TPSA) is 69.6 Å². The van der Waals surface area contributed by atoms with Crippen LogP contribution in [0.15, 0.2) is 81.0 Å². The summed E-state index contributed by atoms with van der Waals surface area (Å²) in [5, 5.41) is 5.94. The van der Waals surface area contributed by atoms with Crippen LogP contribution >= 0.6 is 45.2 Å². The van der Waals surface area contributed by atoms with Gasteiger partial charge in [-0.15, -0.1) is 0 Å². The molecule has 0 amide bonds. The highest BCUT2D eigenvalue weighted by Gasteiger charge is 2.16. The second-order valence-corrected chi connectivity index (χ2v) is 9.30. The highest BCUT2D eigenvalue weighted by Crippen LogP contribution is 2.29. The van der Waals surface area contributed by atoms with Gasteiger partial charge in [0.05, 0.1) is 31.4 Å². The molecule has 3 aromatic carbocycles. The maximum atomic E-state index is 13.3. The van der Waals surface area contributed by atoms with Crippen LogP contribution in [0, 0.1) is 7.14 Å². The predicted molar refractivity (Wildman–Crippen MR) is 143 cm³/mol. The number of furan rings is 1. The third kappa shape index (κ3) is 3.81. The second kappa shape index (κ2) is 8.66. The van der Waals surface area contributed by atoms with Gasteiger partial charge in [0.1, 0.15) is 11.3 Å². The molecule has 8 heteroatoms. The van der Waals surface area contributed by atoms with E-state index >= 15 is 0 Å². The molecule has 2 heterocycles. The fourth-order valence-electron chi connectivity index (χ4n) is 3.46. The highest BCUT2D eigenvalue weighted by atomic mass is 127. The molecule has 0 unspecified atom stereocenters. The van der Waals surface area contributed by atoms with E-state index in [1.54, 1.807) is 19.4 Å². The Morgan fingerprint density at radius 1 is 1.03 bits per heavy atom. The molecule has 5 aromatic rings. The summed E-state index contributed by atoms with van der Waals surface area (Å²) in [5.74, 6) is 1.64. The summed E-state index contributed by atoms with van der Waals surface area (Å²) in [7, 11) is 1.65. The first kappa shape index (κ1) is 21.1. The molecule has 0 spiro atoms. The maximum absolute atomic E-state index is 13.3. The van der Waals surface area contributed by atoms with E-state index < -0.39 is 0 Å². The largest absolute Gasteiger partial charge is 0.495 e. The van der Waals surface area contributed by atoms with E-state index in [-0.39, 0.29) is 5.56 Å². The number of hydrogen-bond acceptors (Lipinski definition) is 5. The van der Waals surface area contributed by atoms with Gasteiger partial charge in [0.15, 0.2) is 5.76 Å². The Morgan fingerprint density at radius 3 is 2.50 bits per heavy atom. The lowest BCUT2D eigenvalue weighted by atomic mass is 10.2. The molecular formula is C24H15I2N3O3. The Morgan fingerprint density at radius 2 is 1.75 bits per heavy atom. The molecule has 0 aliphatic heterocycles. The minimum absolute atomic E-state index is 0.264. The summed E-state index contributed by atoms with van der Waals surface area (Å²) >= 11 is 4.44. The van der Waals surface area contributed by atoms with Gasteiger partial charge in [-0.1, -0.05) is 30.3 Å². The number of methoxy groups -OCH3 is 1. The van der Waals surface area contributed by atoms with Gasteiger partial charge in [-0.3, -0.25) is 4.79 Å². The van der Waals surface area contributed by atoms with Gasteiger partial charge < -0.3 is 9.15 Å². The molecule has 0 aliphatic rings. The van der Waals surface area contributed by atoms with Crippen molar-refractivity contribution in [1.29, 1.82) is 0 Å². The summed E-state index contributed by atoms with van der Waals surface area (Å²) in [6, 6.07) is 20.7. The molecule has 0 radical (unpaired) electrons. The van der Waals surface area contributed by atoms with Gasteiger partial charge in [0, 0.05) is 5.39 Å². The molecule has 2 aromatic heterocycles. The van der Waals surface area contributed by atoms with E-state index in [4.69, 9.17) is 14.1 Å². The zero-order valence-electron chi connectivity index (χ0n) is 16.8. The Balaban J connectivity index is 1.71. The Labute approximate surface area is 210 Å². The number of benzene rings is 3. The van der Waals surface area contributed by atoms with Crippen molar-refractivity contribution in [2.24, 2.45) is 5.10 Å². The Bertz CT molecular complexity index is 1510. The maximum Gasteiger partial charge on any atom is 0.282 e. The monoisotopic (exact) mass is 647 g/mol. The smallest absolute Gasteiger partial charge is 0.282 e. The first-order valence-electron chi connectivity index (χ1n) is 9.63. The fourth-order valence-corrected chi connectivity index (χ4v) is 5.71. The molecule has 0 fully saturated rings. The zero-order chi connectivity index (χ0) is 22.2. The van der Waals surface area contributed by atoms with Crippen molar-refractivity contribution in [2.45, 2.75) is 0 Å². The van der Waals surface area contributed by atoms with Crippen LogP contribution in [0.4, 0.5) is 0 Å². The number of halogens is 2. The minimum atomic E-state index is -0.264. The molecule has 0 atom stereocenters. The number of para-hydroxylation sites is 2. The summed E-state index contributed by atoms with van der Waals surface area (Å²) in [6.07, 6.45) is 1.65. The third-order valence-corrected chi connectivity index (χ3v) is 6.55. The van der Waals surface area contributed by atoms with E-state index in [2.05, 4.69) is 50.3 Å². The number of fused-ring (bicyclic) bond motifs is 2. The molecular weight excluding hydrogens is 632 g/mol. The van der Waals surface area contributed by atoms with Crippen LogP contribution in [0.2, 0.25) is 0 Å². The van der Waals surface area contributed by atoms with Crippen molar-refractivity contribution < 1.29 is 9.15 Å². The molecule has 32 heavy (non-hydrogen) atoms. The van der Waals surface area contributed by atoms with Crippen LogP contribution in [0.25, 0.3) is 33.5 Å². The molecule has 0 bridgehead atoms. The van der Waals surface area contributed by atoms with Crippen LogP contribution < -0.4 is 10.3 Å². The van der Waals surface area contributed by atoms with Crippen molar-refractivity contribution in [3.8, 4) is 17.3 Å². The molecule has 0 saturated carbocycles. The molecule has 0 N–H and O–H groups in total. The van der Waals surface area contributed by atoms with Gasteiger partial charge in [-0.25, -0.2) is 4.98 Å². The Kier molecular flexibility index (Phi) is 5.72. The van der Waals surface area contributed by atoms with Gasteiger partial charge in [-0.2, -0.15) is 9.78 Å². The van der Waals surface area contributed by atoms with Crippen molar-refractivity contribution >= 4 is 73.3 Å². The molecule has 158 valence electrons. The summed E-state index contributed by atoms with van der Waals surface area (Å²) in [4.78, 5) is 18.0. The van der Waals surface area contributed by atoms with Crippen molar-refractivity contribution in [2.75, 3.05) is 7.11 Å². The zero-order valence-corrected chi connectivity index (χ0v) is 21.1. The van der Waals surface area contributed by atoms with Gasteiger partial charge in [0.2, 0.25) is 5.82 Å².